The molecule has 4 aromatic rings. The van der Waals surface area contributed by atoms with E-state index in [4.69, 9.17) is 0 Å². The molecule has 0 fully saturated rings. The van der Waals surface area contributed by atoms with Gasteiger partial charge in [-0.2, -0.15) is 0 Å². The normalized spacial score (nSPS) is 9.06. The van der Waals surface area contributed by atoms with E-state index in [1.54, 1.807) is 13.8 Å². The standard InChI is InChI=1S/2C13H12O.3C2H6/c2*1-10(14)9-12-7-4-6-11-5-2-3-8-13(11)12;3*1-2/h2*2-8H,9H2,1H3;3*1-2H3. The lowest BCUT2D eigenvalue weighted by atomic mass is 10.0. The molecule has 4 aromatic carbocycles. The van der Waals surface area contributed by atoms with Gasteiger partial charge < -0.3 is 0 Å². The highest BCUT2D eigenvalue weighted by molar-refractivity contribution is 5.91. The summed E-state index contributed by atoms with van der Waals surface area (Å²) < 4.78 is 0. The first-order valence-electron chi connectivity index (χ1n) is 12.5. The first-order chi connectivity index (χ1) is 16.5. The van der Waals surface area contributed by atoms with E-state index in [0.29, 0.717) is 12.8 Å². The van der Waals surface area contributed by atoms with Crippen molar-refractivity contribution in [3.8, 4) is 0 Å². The third-order valence-corrected chi connectivity index (χ3v) is 4.64. The van der Waals surface area contributed by atoms with Crippen molar-refractivity contribution in [3.05, 3.63) is 96.1 Å². The fraction of sp³-hybridized carbons (Fsp3) is 0.312. The van der Waals surface area contributed by atoms with Gasteiger partial charge in [0, 0.05) is 12.8 Å². The summed E-state index contributed by atoms with van der Waals surface area (Å²) in [7, 11) is 0. The Hall–Kier alpha value is -3.26. The third-order valence-electron chi connectivity index (χ3n) is 4.64. The van der Waals surface area contributed by atoms with Crippen molar-refractivity contribution >= 4 is 33.1 Å². The van der Waals surface area contributed by atoms with Gasteiger partial charge in [-0.25, -0.2) is 0 Å². The van der Waals surface area contributed by atoms with Gasteiger partial charge in [-0.1, -0.05) is 126 Å². The van der Waals surface area contributed by atoms with Crippen LogP contribution in [0.4, 0.5) is 0 Å². The molecule has 0 aliphatic carbocycles. The number of hydrogen-bond donors (Lipinski definition) is 0. The molecule has 0 saturated carbocycles. The minimum absolute atomic E-state index is 0.210. The topological polar surface area (TPSA) is 34.1 Å². The zero-order valence-electron chi connectivity index (χ0n) is 22.3. The van der Waals surface area contributed by atoms with Gasteiger partial charge in [0.1, 0.15) is 11.6 Å². The second-order valence-electron chi connectivity index (χ2n) is 7.03. The smallest absolute Gasteiger partial charge is 0.134 e. The van der Waals surface area contributed by atoms with Crippen LogP contribution < -0.4 is 0 Å². The summed E-state index contributed by atoms with van der Waals surface area (Å²) in [5.74, 6) is 0.419. The number of Topliss-reactive ketones (excluding diaryl/α,β-unsaturated/α-hetero) is 2. The molecule has 0 heterocycles. The van der Waals surface area contributed by atoms with Crippen molar-refractivity contribution in [1.82, 2.24) is 0 Å². The molecule has 0 aliphatic heterocycles. The summed E-state index contributed by atoms with van der Waals surface area (Å²) in [6, 6.07) is 28.5. The van der Waals surface area contributed by atoms with Gasteiger partial charge in [0.05, 0.1) is 0 Å². The molecule has 2 nitrogen and oxygen atoms in total. The van der Waals surface area contributed by atoms with Crippen molar-refractivity contribution in [2.45, 2.75) is 68.2 Å². The predicted molar refractivity (Wildman–Crippen MR) is 151 cm³/mol. The van der Waals surface area contributed by atoms with E-state index < -0.39 is 0 Å². The Morgan fingerprint density at radius 3 is 1.09 bits per heavy atom. The molecular weight excluding hydrogens is 416 g/mol. The zero-order chi connectivity index (χ0) is 25.9. The van der Waals surface area contributed by atoms with Crippen molar-refractivity contribution in [2.24, 2.45) is 0 Å². The lowest BCUT2D eigenvalue weighted by molar-refractivity contribution is -0.117. The maximum absolute atomic E-state index is 11.1. The van der Waals surface area contributed by atoms with E-state index in [0.717, 1.165) is 11.1 Å². The molecule has 0 bridgehead atoms. The first kappa shape index (κ1) is 30.7. The second kappa shape index (κ2) is 18.2. The minimum atomic E-state index is 0.210. The lowest BCUT2D eigenvalue weighted by Gasteiger charge is -2.03. The van der Waals surface area contributed by atoms with Crippen molar-refractivity contribution in [3.63, 3.8) is 0 Å². The summed E-state index contributed by atoms with van der Waals surface area (Å²) in [6.45, 7) is 15.3. The molecule has 182 valence electrons. The average Bonchev–Trinajstić information content (AvgIpc) is 2.88. The predicted octanol–water partition coefficient (Wildman–Crippen LogP) is 9.02. The fourth-order valence-electron chi connectivity index (χ4n) is 3.43. The Labute approximate surface area is 207 Å². The van der Waals surface area contributed by atoms with Gasteiger partial charge in [0.25, 0.3) is 0 Å². The summed E-state index contributed by atoms with van der Waals surface area (Å²) in [5, 5.41) is 4.77. The highest BCUT2D eigenvalue weighted by atomic mass is 16.1. The molecule has 34 heavy (non-hydrogen) atoms. The molecule has 0 N–H and O–H groups in total. The van der Waals surface area contributed by atoms with Crippen LogP contribution in [0.15, 0.2) is 84.9 Å². The molecule has 4 rings (SSSR count). The van der Waals surface area contributed by atoms with Gasteiger partial charge in [-0.3, -0.25) is 9.59 Å². The quantitative estimate of drug-likeness (QED) is 0.306. The number of rotatable bonds is 4. The molecular formula is C32H42O2. The Morgan fingerprint density at radius 2 is 0.765 bits per heavy atom. The van der Waals surface area contributed by atoms with Crippen LogP contribution in [0.5, 0.6) is 0 Å². The van der Waals surface area contributed by atoms with E-state index in [9.17, 15) is 9.59 Å². The maximum Gasteiger partial charge on any atom is 0.134 e. The highest BCUT2D eigenvalue weighted by Crippen LogP contribution is 2.19. The van der Waals surface area contributed by atoms with E-state index in [1.807, 2.05) is 90.1 Å². The van der Waals surface area contributed by atoms with Crippen LogP contribution in [-0.2, 0) is 22.4 Å². The molecule has 0 aliphatic rings. The number of carbonyl (C=O) groups is 2. The maximum atomic E-state index is 11.1. The Morgan fingerprint density at radius 1 is 0.471 bits per heavy atom. The largest absolute Gasteiger partial charge is 0.300 e. The van der Waals surface area contributed by atoms with Crippen LogP contribution in [0.1, 0.15) is 66.5 Å². The molecule has 2 heteroatoms. The fourth-order valence-corrected chi connectivity index (χ4v) is 3.43. The van der Waals surface area contributed by atoms with Crippen LogP contribution in [0.3, 0.4) is 0 Å². The monoisotopic (exact) mass is 458 g/mol. The van der Waals surface area contributed by atoms with E-state index in [-0.39, 0.29) is 11.6 Å². The highest BCUT2D eigenvalue weighted by Gasteiger charge is 2.02. The van der Waals surface area contributed by atoms with Crippen LogP contribution in [-0.4, -0.2) is 11.6 Å². The summed E-state index contributed by atoms with van der Waals surface area (Å²) in [5.41, 5.74) is 2.24. The minimum Gasteiger partial charge on any atom is -0.300 e. The number of ketones is 2. The second-order valence-corrected chi connectivity index (χ2v) is 7.03. The van der Waals surface area contributed by atoms with Crippen molar-refractivity contribution < 1.29 is 9.59 Å². The molecule has 0 atom stereocenters. The molecule has 0 radical (unpaired) electrons. The number of hydrogen-bond acceptors (Lipinski definition) is 2. The molecule has 0 aromatic heterocycles. The zero-order valence-corrected chi connectivity index (χ0v) is 22.3. The molecule has 0 unspecified atom stereocenters. The van der Waals surface area contributed by atoms with Gasteiger partial charge in [-0.05, 0) is 46.5 Å². The average molecular weight is 459 g/mol. The van der Waals surface area contributed by atoms with Gasteiger partial charge in [0.15, 0.2) is 0 Å². The van der Waals surface area contributed by atoms with Crippen molar-refractivity contribution in [1.29, 1.82) is 0 Å². The summed E-state index contributed by atoms with van der Waals surface area (Å²) in [6.07, 6.45) is 1.06. The first-order valence-corrected chi connectivity index (χ1v) is 12.5. The van der Waals surface area contributed by atoms with E-state index >= 15 is 0 Å². The number of fused-ring (bicyclic) bond motifs is 2. The van der Waals surface area contributed by atoms with Gasteiger partial charge >= 0.3 is 0 Å². The SMILES string of the molecule is CC.CC.CC.CC(=O)Cc1cccc2ccccc12.CC(=O)Cc1cccc2ccccc12. The van der Waals surface area contributed by atoms with E-state index in [2.05, 4.69) is 36.4 Å². The molecule has 0 amide bonds. The molecule has 0 saturated heterocycles. The Balaban J connectivity index is 0.000000526. The number of benzene rings is 4. The lowest BCUT2D eigenvalue weighted by Crippen LogP contribution is -1.96. The van der Waals surface area contributed by atoms with Gasteiger partial charge in [-0.15, -0.1) is 0 Å². The van der Waals surface area contributed by atoms with Crippen LogP contribution in [0.25, 0.3) is 21.5 Å². The third kappa shape index (κ3) is 10.1. The van der Waals surface area contributed by atoms with Crippen LogP contribution in [0, 0.1) is 0 Å². The van der Waals surface area contributed by atoms with Crippen molar-refractivity contribution in [2.75, 3.05) is 0 Å². The number of carbonyl (C=O) groups excluding carboxylic acids is 2. The Kier molecular flexibility index (Phi) is 16.5. The van der Waals surface area contributed by atoms with E-state index in [1.165, 1.54) is 21.5 Å². The summed E-state index contributed by atoms with van der Waals surface area (Å²) >= 11 is 0. The Bertz CT molecular complexity index is 1020. The summed E-state index contributed by atoms with van der Waals surface area (Å²) in [4.78, 5) is 22.1. The van der Waals surface area contributed by atoms with Crippen LogP contribution >= 0.6 is 0 Å². The van der Waals surface area contributed by atoms with Gasteiger partial charge in [0.2, 0.25) is 0 Å². The van der Waals surface area contributed by atoms with Crippen LogP contribution in [0.2, 0.25) is 0 Å². The molecule has 0 spiro atoms.